The Morgan fingerprint density at radius 1 is 1.65 bits per heavy atom. The van der Waals surface area contributed by atoms with Crippen molar-refractivity contribution in [1.29, 1.82) is 0 Å². The second-order valence-corrected chi connectivity index (χ2v) is 4.62. The summed E-state index contributed by atoms with van der Waals surface area (Å²) < 4.78 is 10.2. The third-order valence-electron chi connectivity index (χ3n) is 2.74. The van der Waals surface area contributed by atoms with Crippen molar-refractivity contribution in [1.82, 2.24) is 4.90 Å². The van der Waals surface area contributed by atoms with Gasteiger partial charge in [-0.3, -0.25) is 4.90 Å². The lowest BCUT2D eigenvalue weighted by atomic mass is 9.97. The minimum Gasteiger partial charge on any atom is -0.467 e. The number of likely N-dealkylation sites (tertiary alicyclic amines) is 1. The Morgan fingerprint density at radius 3 is 2.94 bits per heavy atom. The van der Waals surface area contributed by atoms with Crippen molar-refractivity contribution in [2.24, 2.45) is 0 Å². The molecular weight excluding hydrogens is 222 g/mol. The number of esters is 1. The van der Waals surface area contributed by atoms with Gasteiger partial charge in [0.25, 0.3) is 0 Å². The number of nitrogens with zero attached hydrogens (tertiary/aromatic N) is 1. The molecule has 0 radical (unpaired) electrons. The highest BCUT2D eigenvalue weighted by atomic mass is 16.5. The minimum atomic E-state index is -0.614. The van der Waals surface area contributed by atoms with Crippen molar-refractivity contribution in [2.45, 2.75) is 26.0 Å². The fourth-order valence-corrected chi connectivity index (χ4v) is 2.09. The molecule has 17 heavy (non-hydrogen) atoms. The highest BCUT2D eigenvalue weighted by molar-refractivity contribution is 5.90. The zero-order chi connectivity index (χ0) is 12.5. The monoisotopic (exact) mass is 239 g/mol. The number of carbonyl (C=O) groups is 1. The molecule has 1 aromatic heterocycles. The van der Waals surface area contributed by atoms with Gasteiger partial charge in [-0.05, 0) is 19.9 Å². The molecule has 0 aromatic carbocycles. The summed E-state index contributed by atoms with van der Waals surface area (Å²) >= 11 is 0. The lowest BCUT2D eigenvalue weighted by Crippen LogP contribution is -2.59. The molecule has 1 saturated heterocycles. The maximum atomic E-state index is 11.6. The summed E-state index contributed by atoms with van der Waals surface area (Å²) in [6.07, 6.45) is 1.49. The van der Waals surface area contributed by atoms with Gasteiger partial charge in [0.1, 0.15) is 11.3 Å². The first-order valence-electron chi connectivity index (χ1n) is 5.70. The molecule has 0 saturated carbocycles. The first-order valence-corrected chi connectivity index (χ1v) is 5.70. The number of furan rings is 1. The average Bonchev–Trinajstić information content (AvgIpc) is 2.63. The molecular formula is C12H17NO4. The van der Waals surface area contributed by atoms with Crippen LogP contribution in [0.25, 0.3) is 0 Å². The average molecular weight is 239 g/mol. The molecule has 0 amide bonds. The van der Waals surface area contributed by atoms with E-state index < -0.39 is 5.60 Å². The highest BCUT2D eigenvalue weighted by Crippen LogP contribution is 2.24. The Hall–Kier alpha value is -1.33. The van der Waals surface area contributed by atoms with Crippen molar-refractivity contribution in [2.75, 3.05) is 19.7 Å². The molecule has 1 N–H and O–H groups in total. The van der Waals surface area contributed by atoms with Crippen LogP contribution in [-0.4, -0.2) is 41.3 Å². The van der Waals surface area contributed by atoms with E-state index in [1.807, 2.05) is 4.90 Å². The van der Waals surface area contributed by atoms with Gasteiger partial charge in [0.2, 0.25) is 0 Å². The van der Waals surface area contributed by atoms with E-state index in [-0.39, 0.29) is 5.97 Å². The molecule has 2 heterocycles. The van der Waals surface area contributed by atoms with Crippen molar-refractivity contribution >= 4 is 5.97 Å². The molecule has 0 bridgehead atoms. The van der Waals surface area contributed by atoms with Crippen LogP contribution in [0.5, 0.6) is 0 Å². The number of aliphatic hydroxyl groups is 1. The van der Waals surface area contributed by atoms with Gasteiger partial charge < -0.3 is 14.3 Å². The topological polar surface area (TPSA) is 62.9 Å². The van der Waals surface area contributed by atoms with Crippen LogP contribution in [0.1, 0.15) is 30.0 Å². The molecule has 1 aromatic rings. The van der Waals surface area contributed by atoms with E-state index >= 15 is 0 Å². The van der Waals surface area contributed by atoms with Gasteiger partial charge in [0.05, 0.1) is 25.0 Å². The first kappa shape index (κ1) is 12.1. The van der Waals surface area contributed by atoms with E-state index in [0.29, 0.717) is 37.6 Å². The Balaban J connectivity index is 1.98. The highest BCUT2D eigenvalue weighted by Gasteiger charge is 2.37. The van der Waals surface area contributed by atoms with E-state index in [1.54, 1.807) is 19.9 Å². The summed E-state index contributed by atoms with van der Waals surface area (Å²) in [5, 5.41) is 9.61. The number of hydrogen-bond donors (Lipinski definition) is 1. The Kier molecular flexibility index (Phi) is 3.22. The standard InChI is InChI=1S/C12H17NO4/c1-3-16-11(14)9-4-5-17-10(9)6-13-7-12(2,15)8-13/h4-5,15H,3,6-8H2,1-2H3. The Morgan fingerprint density at radius 2 is 2.35 bits per heavy atom. The SMILES string of the molecule is CCOC(=O)c1ccoc1CN1CC(C)(O)C1. The van der Waals surface area contributed by atoms with Crippen molar-refractivity contribution in [3.05, 3.63) is 23.7 Å². The smallest absolute Gasteiger partial charge is 0.341 e. The second-order valence-electron chi connectivity index (χ2n) is 4.62. The third-order valence-corrected chi connectivity index (χ3v) is 2.74. The van der Waals surface area contributed by atoms with Crippen LogP contribution in [-0.2, 0) is 11.3 Å². The largest absolute Gasteiger partial charge is 0.467 e. The quantitative estimate of drug-likeness (QED) is 0.795. The van der Waals surface area contributed by atoms with E-state index in [9.17, 15) is 9.90 Å². The molecule has 94 valence electrons. The lowest BCUT2D eigenvalue weighted by molar-refractivity contribution is -0.0892. The van der Waals surface area contributed by atoms with E-state index in [2.05, 4.69) is 0 Å². The zero-order valence-electron chi connectivity index (χ0n) is 10.1. The maximum Gasteiger partial charge on any atom is 0.341 e. The summed E-state index contributed by atoms with van der Waals surface area (Å²) in [5.41, 5.74) is -0.144. The van der Waals surface area contributed by atoms with Gasteiger partial charge >= 0.3 is 5.97 Å². The number of β-amino-alcohol motifs (C(OH)–C–C–N with tert-alkyl or cyclic N) is 1. The van der Waals surface area contributed by atoms with Gasteiger partial charge in [-0.1, -0.05) is 0 Å². The normalized spacial score (nSPS) is 18.8. The van der Waals surface area contributed by atoms with Gasteiger partial charge in [-0.25, -0.2) is 4.79 Å². The van der Waals surface area contributed by atoms with Crippen LogP contribution in [0.3, 0.4) is 0 Å². The second kappa shape index (κ2) is 4.50. The fourth-order valence-electron chi connectivity index (χ4n) is 2.09. The lowest BCUT2D eigenvalue weighted by Gasteiger charge is -2.43. The zero-order valence-corrected chi connectivity index (χ0v) is 10.1. The summed E-state index contributed by atoms with van der Waals surface area (Å²) in [4.78, 5) is 13.6. The van der Waals surface area contributed by atoms with Gasteiger partial charge in [-0.2, -0.15) is 0 Å². The van der Waals surface area contributed by atoms with Crippen LogP contribution in [0.15, 0.2) is 16.7 Å². The van der Waals surface area contributed by atoms with Crippen LogP contribution in [0.2, 0.25) is 0 Å². The minimum absolute atomic E-state index is 0.349. The molecule has 1 aliphatic rings. The van der Waals surface area contributed by atoms with Crippen molar-refractivity contribution in [3.8, 4) is 0 Å². The number of ether oxygens (including phenoxy) is 1. The third kappa shape index (κ3) is 2.68. The molecule has 2 rings (SSSR count). The summed E-state index contributed by atoms with van der Waals surface area (Å²) in [7, 11) is 0. The molecule has 5 nitrogen and oxygen atoms in total. The van der Waals surface area contributed by atoms with E-state index in [4.69, 9.17) is 9.15 Å². The van der Waals surface area contributed by atoms with Crippen LogP contribution in [0.4, 0.5) is 0 Å². The summed E-state index contributed by atoms with van der Waals surface area (Å²) in [6, 6.07) is 1.62. The molecule has 0 atom stereocenters. The van der Waals surface area contributed by atoms with E-state index in [0.717, 1.165) is 0 Å². The first-order chi connectivity index (χ1) is 8.02. The Labute approximate surface area is 100.0 Å². The summed E-state index contributed by atoms with van der Waals surface area (Å²) in [5.74, 6) is 0.238. The van der Waals surface area contributed by atoms with E-state index in [1.165, 1.54) is 6.26 Å². The molecule has 1 fully saturated rings. The van der Waals surface area contributed by atoms with Crippen LogP contribution >= 0.6 is 0 Å². The maximum absolute atomic E-state index is 11.6. The predicted octanol–water partition coefficient (Wildman–Crippen LogP) is 1.02. The number of carbonyl (C=O) groups excluding carboxylic acids is 1. The van der Waals surface area contributed by atoms with Crippen LogP contribution < -0.4 is 0 Å². The molecule has 0 aliphatic carbocycles. The van der Waals surface area contributed by atoms with Crippen LogP contribution in [0, 0.1) is 0 Å². The van der Waals surface area contributed by atoms with Gasteiger partial charge in [0, 0.05) is 13.1 Å². The number of rotatable bonds is 4. The van der Waals surface area contributed by atoms with Gasteiger partial charge in [-0.15, -0.1) is 0 Å². The fraction of sp³-hybridized carbons (Fsp3) is 0.583. The molecule has 0 spiro atoms. The summed E-state index contributed by atoms with van der Waals surface area (Å²) in [6.45, 7) is 5.62. The molecule has 1 aliphatic heterocycles. The predicted molar refractivity (Wildman–Crippen MR) is 60.6 cm³/mol. The number of hydrogen-bond acceptors (Lipinski definition) is 5. The molecule has 5 heteroatoms. The van der Waals surface area contributed by atoms with Crippen molar-refractivity contribution in [3.63, 3.8) is 0 Å². The molecule has 0 unspecified atom stereocenters. The van der Waals surface area contributed by atoms with Crippen molar-refractivity contribution < 1.29 is 19.1 Å². The van der Waals surface area contributed by atoms with Gasteiger partial charge in [0.15, 0.2) is 0 Å². The Bertz CT molecular complexity index is 402.